The summed E-state index contributed by atoms with van der Waals surface area (Å²) in [7, 11) is 0. The molecule has 9 heteroatoms. The molecule has 206 valence electrons. The zero-order valence-corrected chi connectivity index (χ0v) is 23.1. The number of amides is 1. The van der Waals surface area contributed by atoms with Gasteiger partial charge in [-0.05, 0) is 66.9 Å². The van der Waals surface area contributed by atoms with E-state index in [4.69, 9.17) is 9.47 Å². The summed E-state index contributed by atoms with van der Waals surface area (Å²) in [5.74, 6) is 1.81. The predicted molar refractivity (Wildman–Crippen MR) is 155 cm³/mol. The Morgan fingerprint density at radius 2 is 1.68 bits per heavy atom. The molecule has 0 bridgehead atoms. The number of thioether (sulfide) groups is 1. The first-order valence-electron chi connectivity index (χ1n) is 13.2. The second kappa shape index (κ2) is 11.9. The standard InChI is InChI=1S/C32H27FN4O3S/c1-21-7-14-26(15-8-21)37-30(35-36-32(37)41-19-23-9-12-25(33)13-10-23)27(17-22-5-3-2-4-6-22)34-31(38)24-11-16-28-29(18-24)40-20-39-28/h2-16,18,27H,17,19-20H2,1H3,(H,34,38). The third-order valence-corrected chi connectivity index (χ3v) is 7.77. The molecule has 0 aliphatic carbocycles. The average molecular weight is 567 g/mol. The van der Waals surface area contributed by atoms with Crippen LogP contribution in [0.3, 0.4) is 0 Å². The monoisotopic (exact) mass is 566 g/mol. The number of carbonyl (C=O) groups excluding carboxylic acids is 1. The maximum absolute atomic E-state index is 13.6. The van der Waals surface area contributed by atoms with Crippen molar-refractivity contribution in [1.82, 2.24) is 20.1 Å². The molecule has 0 saturated carbocycles. The molecule has 6 rings (SSSR count). The summed E-state index contributed by atoms with van der Waals surface area (Å²) in [6.07, 6.45) is 0.504. The molecule has 1 atom stereocenters. The van der Waals surface area contributed by atoms with Crippen molar-refractivity contribution in [2.24, 2.45) is 0 Å². The number of aryl methyl sites for hydroxylation is 1. The number of fused-ring (bicyclic) bond motifs is 1. The molecule has 0 saturated heterocycles. The Morgan fingerprint density at radius 1 is 0.927 bits per heavy atom. The summed E-state index contributed by atoms with van der Waals surface area (Å²) < 4.78 is 26.3. The summed E-state index contributed by atoms with van der Waals surface area (Å²) in [4.78, 5) is 13.6. The molecule has 1 aromatic heterocycles. The molecule has 0 radical (unpaired) electrons. The van der Waals surface area contributed by atoms with E-state index < -0.39 is 6.04 Å². The van der Waals surface area contributed by atoms with E-state index in [9.17, 15) is 9.18 Å². The van der Waals surface area contributed by atoms with Gasteiger partial charge in [0.05, 0.1) is 6.04 Å². The summed E-state index contributed by atoms with van der Waals surface area (Å²) in [5, 5.41) is 13.0. The number of nitrogens with one attached hydrogen (secondary N) is 1. The van der Waals surface area contributed by atoms with Crippen molar-refractivity contribution in [3.8, 4) is 17.2 Å². The lowest BCUT2D eigenvalue weighted by molar-refractivity contribution is 0.0933. The molecular formula is C32H27FN4O3S. The van der Waals surface area contributed by atoms with Gasteiger partial charge in [-0.3, -0.25) is 9.36 Å². The first kappa shape index (κ1) is 26.6. The Bertz CT molecular complexity index is 1660. The lowest BCUT2D eigenvalue weighted by Gasteiger charge is -2.20. The molecule has 4 aromatic carbocycles. The Kier molecular flexibility index (Phi) is 7.69. The van der Waals surface area contributed by atoms with E-state index in [0.717, 1.165) is 22.4 Å². The maximum atomic E-state index is 13.6. The van der Waals surface area contributed by atoms with E-state index in [1.54, 1.807) is 30.3 Å². The first-order chi connectivity index (χ1) is 20.0. The van der Waals surface area contributed by atoms with Crippen LogP contribution in [-0.2, 0) is 12.2 Å². The lowest BCUT2D eigenvalue weighted by Crippen LogP contribution is -2.32. The molecule has 7 nitrogen and oxygen atoms in total. The molecule has 1 N–H and O–H groups in total. The minimum atomic E-state index is -0.496. The molecule has 0 spiro atoms. The molecular weight excluding hydrogens is 539 g/mol. The number of aromatic nitrogens is 3. The number of carbonyl (C=O) groups is 1. The fourth-order valence-corrected chi connectivity index (χ4v) is 5.52. The number of hydrogen-bond acceptors (Lipinski definition) is 6. The topological polar surface area (TPSA) is 78.3 Å². The van der Waals surface area contributed by atoms with E-state index in [1.807, 2.05) is 66.1 Å². The van der Waals surface area contributed by atoms with Gasteiger partial charge in [0.2, 0.25) is 6.79 Å². The normalized spacial score (nSPS) is 12.7. The highest BCUT2D eigenvalue weighted by molar-refractivity contribution is 7.98. The van der Waals surface area contributed by atoms with E-state index in [2.05, 4.69) is 15.5 Å². The lowest BCUT2D eigenvalue weighted by atomic mass is 10.0. The Hall–Kier alpha value is -4.63. The Balaban J connectivity index is 1.36. The van der Waals surface area contributed by atoms with Gasteiger partial charge in [-0.1, -0.05) is 71.9 Å². The van der Waals surface area contributed by atoms with Gasteiger partial charge in [-0.2, -0.15) is 0 Å². The number of halogens is 1. The van der Waals surface area contributed by atoms with Crippen LogP contribution in [0, 0.1) is 12.7 Å². The van der Waals surface area contributed by atoms with Crippen LogP contribution < -0.4 is 14.8 Å². The van der Waals surface area contributed by atoms with Gasteiger partial charge in [-0.15, -0.1) is 10.2 Å². The summed E-state index contributed by atoms with van der Waals surface area (Å²) >= 11 is 1.50. The van der Waals surface area contributed by atoms with Crippen molar-refractivity contribution < 1.29 is 18.7 Å². The van der Waals surface area contributed by atoms with Gasteiger partial charge in [0.1, 0.15) is 5.82 Å². The molecule has 41 heavy (non-hydrogen) atoms. The average Bonchev–Trinajstić information content (AvgIpc) is 3.64. The van der Waals surface area contributed by atoms with Crippen LogP contribution >= 0.6 is 11.8 Å². The van der Waals surface area contributed by atoms with Crippen LogP contribution in [0.5, 0.6) is 11.5 Å². The second-order valence-electron chi connectivity index (χ2n) is 9.71. The summed E-state index contributed by atoms with van der Waals surface area (Å²) in [6.45, 7) is 2.17. The second-order valence-corrected chi connectivity index (χ2v) is 10.7. The van der Waals surface area contributed by atoms with E-state index >= 15 is 0 Å². The fourth-order valence-electron chi connectivity index (χ4n) is 4.60. The largest absolute Gasteiger partial charge is 0.454 e. The number of ether oxygens (including phenoxy) is 2. The SMILES string of the molecule is Cc1ccc(-n2c(SCc3ccc(F)cc3)nnc2C(Cc2ccccc2)NC(=O)c2ccc3c(c2)OCO3)cc1. The van der Waals surface area contributed by atoms with Crippen molar-refractivity contribution in [2.45, 2.75) is 30.3 Å². The van der Waals surface area contributed by atoms with E-state index in [1.165, 1.54) is 23.9 Å². The van der Waals surface area contributed by atoms with Crippen LogP contribution in [0.15, 0.2) is 102 Å². The van der Waals surface area contributed by atoms with Gasteiger partial charge >= 0.3 is 0 Å². The zero-order chi connectivity index (χ0) is 28.2. The minimum Gasteiger partial charge on any atom is -0.454 e. The molecule has 1 unspecified atom stereocenters. The number of rotatable bonds is 9. The van der Waals surface area contributed by atoms with Crippen molar-refractivity contribution in [1.29, 1.82) is 0 Å². The number of nitrogens with zero attached hydrogens (tertiary/aromatic N) is 3. The molecule has 1 aliphatic rings. The van der Waals surface area contributed by atoms with E-state index in [-0.39, 0.29) is 18.5 Å². The van der Waals surface area contributed by atoms with Gasteiger partial charge in [0, 0.05) is 17.0 Å². The van der Waals surface area contributed by atoms with Crippen LogP contribution in [0.1, 0.15) is 38.9 Å². The number of benzene rings is 4. The third kappa shape index (κ3) is 6.10. The van der Waals surface area contributed by atoms with Crippen LogP contribution in [0.2, 0.25) is 0 Å². The molecule has 2 heterocycles. The smallest absolute Gasteiger partial charge is 0.252 e. The maximum Gasteiger partial charge on any atom is 0.252 e. The van der Waals surface area contributed by atoms with Gasteiger partial charge in [0.15, 0.2) is 22.5 Å². The van der Waals surface area contributed by atoms with Crippen LogP contribution in [-0.4, -0.2) is 27.5 Å². The van der Waals surface area contributed by atoms with Gasteiger partial charge in [0.25, 0.3) is 5.91 Å². The highest BCUT2D eigenvalue weighted by Crippen LogP contribution is 2.33. The summed E-state index contributed by atoms with van der Waals surface area (Å²) in [5.41, 5.74) is 4.48. The van der Waals surface area contributed by atoms with Crippen molar-refractivity contribution in [3.05, 3.63) is 131 Å². The fraction of sp³-hybridized carbons (Fsp3) is 0.156. The van der Waals surface area contributed by atoms with Crippen molar-refractivity contribution in [2.75, 3.05) is 6.79 Å². The van der Waals surface area contributed by atoms with Crippen LogP contribution in [0.4, 0.5) is 4.39 Å². The molecule has 5 aromatic rings. The quantitative estimate of drug-likeness (QED) is 0.207. The van der Waals surface area contributed by atoms with Crippen molar-refractivity contribution >= 4 is 17.7 Å². The predicted octanol–water partition coefficient (Wildman–Crippen LogP) is 6.45. The Morgan fingerprint density at radius 3 is 2.46 bits per heavy atom. The molecule has 0 fully saturated rings. The Labute approximate surface area is 241 Å². The third-order valence-electron chi connectivity index (χ3n) is 6.77. The summed E-state index contributed by atoms with van der Waals surface area (Å²) in [6, 6.07) is 29.1. The zero-order valence-electron chi connectivity index (χ0n) is 22.3. The highest BCUT2D eigenvalue weighted by atomic mass is 32.2. The first-order valence-corrected chi connectivity index (χ1v) is 14.2. The van der Waals surface area contributed by atoms with Gasteiger partial charge < -0.3 is 14.8 Å². The highest BCUT2D eigenvalue weighted by Gasteiger charge is 2.26. The minimum absolute atomic E-state index is 0.134. The molecule has 1 aliphatic heterocycles. The van der Waals surface area contributed by atoms with Crippen LogP contribution in [0.25, 0.3) is 5.69 Å². The number of hydrogen-bond donors (Lipinski definition) is 1. The van der Waals surface area contributed by atoms with Crippen molar-refractivity contribution in [3.63, 3.8) is 0 Å². The van der Waals surface area contributed by atoms with E-state index in [0.29, 0.717) is 40.2 Å². The molecule has 1 amide bonds. The van der Waals surface area contributed by atoms with Gasteiger partial charge in [-0.25, -0.2) is 4.39 Å².